The molecule has 0 saturated carbocycles. The van der Waals surface area contributed by atoms with Gasteiger partial charge in [0, 0.05) is 23.5 Å². The van der Waals surface area contributed by atoms with Crippen LogP contribution in [0.1, 0.15) is 26.7 Å². The zero-order valence-corrected chi connectivity index (χ0v) is 10.8. The molecule has 2 unspecified atom stereocenters. The molecule has 0 aliphatic heterocycles. The van der Waals surface area contributed by atoms with E-state index in [0.717, 1.165) is 12.8 Å². The maximum Gasteiger partial charge on any atom is 0.329 e. The first-order chi connectivity index (χ1) is 7.51. The summed E-state index contributed by atoms with van der Waals surface area (Å²) in [6, 6.07) is -0.805. The van der Waals surface area contributed by atoms with Gasteiger partial charge in [0.15, 0.2) is 0 Å². The van der Waals surface area contributed by atoms with Crippen LogP contribution in [-0.2, 0) is 25.1 Å². The van der Waals surface area contributed by atoms with E-state index in [-0.39, 0.29) is 11.7 Å². The van der Waals surface area contributed by atoms with Crippen molar-refractivity contribution in [1.29, 1.82) is 0 Å². The Morgan fingerprint density at radius 2 is 2.06 bits per heavy atom. The summed E-state index contributed by atoms with van der Waals surface area (Å²) >= 11 is 0. The fourth-order valence-corrected chi connectivity index (χ4v) is 2.50. The number of unbranched alkanes of at least 4 members (excludes halogenated alkanes) is 1. The molecule has 0 aliphatic rings. The Hall–Kier alpha value is -0.910. The van der Waals surface area contributed by atoms with Gasteiger partial charge in [-0.1, -0.05) is 13.3 Å². The second kappa shape index (κ2) is 8.27. The summed E-state index contributed by atoms with van der Waals surface area (Å²) in [5, 5.41) is 2.43. The third-order valence-corrected chi connectivity index (χ3v) is 3.39. The first kappa shape index (κ1) is 15.1. The monoisotopic (exact) mass is 249 g/mol. The van der Waals surface area contributed by atoms with Crippen LogP contribution in [0, 0.1) is 0 Å². The van der Waals surface area contributed by atoms with Gasteiger partial charge in [0.05, 0.1) is 12.9 Å². The van der Waals surface area contributed by atoms with Crippen molar-refractivity contribution < 1.29 is 18.5 Å². The fraction of sp³-hybridized carbons (Fsp3) is 0.800. The van der Waals surface area contributed by atoms with Gasteiger partial charge < -0.3 is 10.1 Å². The number of ether oxygens (including phenoxy) is 1. The average Bonchev–Trinajstić information content (AvgIpc) is 2.23. The van der Waals surface area contributed by atoms with Crippen LogP contribution in [0.25, 0.3) is 0 Å². The smallest absolute Gasteiger partial charge is 0.329 e. The molecule has 5 nitrogen and oxygen atoms in total. The predicted octanol–water partition coefficient (Wildman–Crippen LogP) is 0.213. The third-order valence-electron chi connectivity index (χ3n) is 1.94. The Kier molecular flexibility index (Phi) is 7.80. The molecule has 0 radical (unpaired) electrons. The minimum absolute atomic E-state index is 0.117. The second-order valence-corrected chi connectivity index (χ2v) is 5.06. The summed E-state index contributed by atoms with van der Waals surface area (Å²) < 4.78 is 16.1. The van der Waals surface area contributed by atoms with Gasteiger partial charge in [-0.15, -0.1) is 0 Å². The van der Waals surface area contributed by atoms with Crippen molar-refractivity contribution in [3.05, 3.63) is 0 Å². The minimum Gasteiger partial charge on any atom is -0.467 e. The highest BCUT2D eigenvalue weighted by atomic mass is 32.2. The van der Waals surface area contributed by atoms with Crippen LogP contribution in [0.5, 0.6) is 0 Å². The molecule has 94 valence electrons. The van der Waals surface area contributed by atoms with Gasteiger partial charge in [0.25, 0.3) is 0 Å². The number of hydrogen-bond donors (Lipinski definition) is 1. The molecule has 0 fully saturated rings. The molecule has 0 heterocycles. The maximum absolute atomic E-state index is 11.6. The first-order valence-corrected chi connectivity index (χ1v) is 6.70. The lowest BCUT2D eigenvalue weighted by atomic mass is 10.3. The first-order valence-electron chi connectivity index (χ1n) is 5.21. The zero-order valence-electron chi connectivity index (χ0n) is 9.95. The van der Waals surface area contributed by atoms with Crippen LogP contribution in [0.4, 0.5) is 0 Å². The van der Waals surface area contributed by atoms with E-state index < -0.39 is 22.8 Å². The molecule has 2 atom stereocenters. The summed E-state index contributed by atoms with van der Waals surface area (Å²) in [7, 11) is 0.138. The lowest BCUT2D eigenvalue weighted by Gasteiger charge is -2.14. The van der Waals surface area contributed by atoms with Crippen LogP contribution < -0.4 is 5.32 Å². The van der Waals surface area contributed by atoms with Gasteiger partial charge in [0.2, 0.25) is 5.91 Å². The lowest BCUT2D eigenvalue weighted by Crippen LogP contribution is -2.44. The molecule has 6 heteroatoms. The molecular weight excluding hydrogens is 230 g/mol. The van der Waals surface area contributed by atoms with Gasteiger partial charge in [0.1, 0.15) is 6.04 Å². The molecule has 0 bridgehead atoms. The Morgan fingerprint density at radius 1 is 1.44 bits per heavy atom. The number of rotatable bonds is 7. The highest BCUT2D eigenvalue weighted by Crippen LogP contribution is 1.97. The highest BCUT2D eigenvalue weighted by molar-refractivity contribution is 7.85. The maximum atomic E-state index is 11.6. The zero-order chi connectivity index (χ0) is 12.6. The van der Waals surface area contributed by atoms with Gasteiger partial charge in [-0.2, -0.15) is 0 Å². The molecule has 0 aromatic heterocycles. The Balaban J connectivity index is 4.25. The molecular formula is C10H19NO4S. The molecule has 1 amide bonds. The predicted molar refractivity (Wildman–Crippen MR) is 62.4 cm³/mol. The van der Waals surface area contributed by atoms with Crippen molar-refractivity contribution in [3.63, 3.8) is 0 Å². The summed E-state index contributed by atoms with van der Waals surface area (Å²) in [6.45, 7) is 3.31. The van der Waals surface area contributed by atoms with Crippen LogP contribution in [0.15, 0.2) is 0 Å². The molecule has 16 heavy (non-hydrogen) atoms. The molecule has 1 N–H and O–H groups in total. The van der Waals surface area contributed by atoms with Crippen molar-refractivity contribution in [2.75, 3.05) is 18.6 Å². The summed E-state index contributed by atoms with van der Waals surface area (Å²) in [4.78, 5) is 22.1. The Labute approximate surface area is 98.4 Å². The van der Waals surface area contributed by atoms with Crippen molar-refractivity contribution in [2.24, 2.45) is 0 Å². The van der Waals surface area contributed by atoms with Gasteiger partial charge >= 0.3 is 5.97 Å². The molecule has 0 aliphatic carbocycles. The number of carbonyl (C=O) groups excluding carboxylic acids is 2. The fourth-order valence-electron chi connectivity index (χ4n) is 1.13. The number of hydrogen-bond acceptors (Lipinski definition) is 4. The summed E-state index contributed by atoms with van der Waals surface area (Å²) in [5.74, 6) is -0.224. The minimum atomic E-state index is -1.10. The van der Waals surface area contributed by atoms with Crippen molar-refractivity contribution in [3.8, 4) is 0 Å². The second-order valence-electron chi connectivity index (χ2n) is 3.44. The van der Waals surface area contributed by atoms with E-state index in [1.165, 1.54) is 14.0 Å². The Morgan fingerprint density at radius 3 is 2.50 bits per heavy atom. The number of nitrogens with one attached hydrogen (secondary N) is 1. The van der Waals surface area contributed by atoms with E-state index in [2.05, 4.69) is 10.1 Å². The van der Waals surface area contributed by atoms with E-state index in [4.69, 9.17) is 0 Å². The van der Waals surface area contributed by atoms with Crippen LogP contribution in [0.2, 0.25) is 0 Å². The number of amides is 1. The largest absolute Gasteiger partial charge is 0.467 e. The number of carbonyl (C=O) groups is 2. The van der Waals surface area contributed by atoms with Crippen LogP contribution in [0.3, 0.4) is 0 Å². The summed E-state index contributed by atoms with van der Waals surface area (Å²) in [6.07, 6.45) is 1.80. The van der Waals surface area contributed by atoms with Crippen LogP contribution in [-0.4, -0.2) is 40.7 Å². The van der Waals surface area contributed by atoms with Gasteiger partial charge in [-0.05, 0) is 6.42 Å². The lowest BCUT2D eigenvalue weighted by molar-refractivity contribution is -0.144. The van der Waals surface area contributed by atoms with Crippen molar-refractivity contribution in [1.82, 2.24) is 5.32 Å². The molecule has 0 rings (SSSR count). The average molecular weight is 249 g/mol. The highest BCUT2D eigenvalue weighted by Gasteiger charge is 2.22. The van der Waals surface area contributed by atoms with E-state index in [0.29, 0.717) is 5.75 Å². The van der Waals surface area contributed by atoms with E-state index in [9.17, 15) is 13.8 Å². The quantitative estimate of drug-likeness (QED) is 0.655. The topological polar surface area (TPSA) is 72.5 Å². The van der Waals surface area contributed by atoms with E-state index >= 15 is 0 Å². The summed E-state index contributed by atoms with van der Waals surface area (Å²) in [5.41, 5.74) is 0. The van der Waals surface area contributed by atoms with Gasteiger partial charge in [-0.25, -0.2) is 4.79 Å². The normalized spacial score (nSPS) is 13.9. The van der Waals surface area contributed by atoms with Gasteiger partial charge in [-0.3, -0.25) is 9.00 Å². The molecule has 0 aromatic rings. The van der Waals surface area contributed by atoms with E-state index in [1.54, 1.807) is 0 Å². The third kappa shape index (κ3) is 6.55. The molecule has 0 aromatic carbocycles. The van der Waals surface area contributed by atoms with Crippen molar-refractivity contribution in [2.45, 2.75) is 32.7 Å². The van der Waals surface area contributed by atoms with E-state index in [1.807, 2.05) is 6.92 Å². The number of esters is 1. The molecule has 0 spiro atoms. The number of methoxy groups -OCH3 is 1. The van der Waals surface area contributed by atoms with Crippen molar-refractivity contribution >= 4 is 22.7 Å². The standard InChI is InChI=1S/C10H19NO4S/c1-4-5-6-16(14)7-9(10(13)15-3)11-8(2)12/h9H,4-7H2,1-3H3,(H,11,12). The molecule has 0 saturated heterocycles. The van der Waals surface area contributed by atoms with Crippen LogP contribution >= 0.6 is 0 Å². The Bertz CT molecular complexity index is 268. The SMILES string of the molecule is CCCCS(=O)CC(NC(C)=O)C(=O)OC.